The van der Waals surface area contributed by atoms with E-state index in [4.69, 9.17) is 4.74 Å². The number of aryl methyl sites for hydroxylation is 1. The van der Waals surface area contributed by atoms with E-state index in [0.717, 1.165) is 0 Å². The van der Waals surface area contributed by atoms with Gasteiger partial charge in [-0.2, -0.15) is 0 Å². The molecule has 1 amide bonds. The van der Waals surface area contributed by atoms with Crippen molar-refractivity contribution in [2.45, 2.75) is 17.2 Å². The predicted molar refractivity (Wildman–Crippen MR) is 137 cm³/mol. The molecule has 3 rings (SSSR count). The van der Waals surface area contributed by atoms with Crippen LogP contribution in [0.1, 0.15) is 32.4 Å². The number of carboxylic acids is 1. The number of ether oxygens (including phenoxy) is 1. The van der Waals surface area contributed by atoms with Gasteiger partial charge in [0, 0.05) is 38.1 Å². The second-order valence-electron chi connectivity index (χ2n) is 8.16. The van der Waals surface area contributed by atoms with Crippen molar-refractivity contribution >= 4 is 33.5 Å². The number of aromatic carboxylic acids is 1. The van der Waals surface area contributed by atoms with Crippen molar-refractivity contribution in [3.05, 3.63) is 89.3 Å². The number of hydrogen-bond donors (Lipinski definition) is 2. The number of carbonyl (C=O) groups excluding carboxylic acids is 1. The highest BCUT2D eigenvalue weighted by Crippen LogP contribution is 2.34. The summed E-state index contributed by atoms with van der Waals surface area (Å²) in [6, 6.07) is 12.2. The Bertz CT molecular complexity index is 1390. The maximum absolute atomic E-state index is 13.7. The largest absolute Gasteiger partial charge is 0.497 e. The molecular weight excluding hydrogens is 482 g/mol. The zero-order chi connectivity index (χ0) is 26.5. The van der Waals surface area contributed by atoms with Gasteiger partial charge in [0.2, 0.25) is 15.7 Å². The fourth-order valence-corrected chi connectivity index (χ4v) is 5.05. The molecule has 0 radical (unpaired) electrons. The second-order valence-corrected chi connectivity index (χ2v) is 10.2. The number of aromatic nitrogens is 1. The number of benzene rings is 2. The normalized spacial score (nSPS) is 12.2. The number of methoxy groups -OCH3 is 1. The summed E-state index contributed by atoms with van der Waals surface area (Å²) in [5, 5.41) is 11.6. The molecule has 10 heteroatoms. The number of nitrogens with one attached hydrogen (secondary N) is 1. The molecule has 0 bridgehead atoms. The van der Waals surface area contributed by atoms with Crippen molar-refractivity contribution in [2.75, 3.05) is 26.5 Å². The van der Waals surface area contributed by atoms with E-state index in [1.165, 1.54) is 66.9 Å². The minimum Gasteiger partial charge on any atom is -0.497 e. The highest BCUT2D eigenvalue weighted by Gasteiger charge is 2.31. The summed E-state index contributed by atoms with van der Waals surface area (Å²) in [7, 11) is 0.653. The Kier molecular flexibility index (Phi) is 8.11. The van der Waals surface area contributed by atoms with Gasteiger partial charge in [-0.1, -0.05) is 6.07 Å². The summed E-state index contributed by atoms with van der Waals surface area (Å²) in [5.41, 5.74) is 1.33. The van der Waals surface area contributed by atoms with Crippen LogP contribution in [-0.2, 0) is 14.6 Å². The number of rotatable bonds is 9. The lowest BCUT2D eigenvalue weighted by Crippen LogP contribution is -2.23. The van der Waals surface area contributed by atoms with E-state index in [9.17, 15) is 23.1 Å². The van der Waals surface area contributed by atoms with Crippen LogP contribution in [-0.4, -0.2) is 56.5 Å². The molecule has 0 fully saturated rings. The molecule has 0 aliphatic heterocycles. The van der Waals surface area contributed by atoms with Crippen LogP contribution >= 0.6 is 0 Å². The van der Waals surface area contributed by atoms with Crippen LogP contribution in [0.25, 0.3) is 6.08 Å². The van der Waals surface area contributed by atoms with Crippen molar-refractivity contribution in [1.29, 1.82) is 0 Å². The van der Waals surface area contributed by atoms with Crippen LogP contribution in [0.15, 0.2) is 71.9 Å². The molecule has 9 nitrogen and oxygen atoms in total. The molecule has 2 aromatic carbocycles. The number of sulfone groups is 1. The Morgan fingerprint density at radius 3 is 2.39 bits per heavy atom. The first kappa shape index (κ1) is 26.4. The molecule has 1 unspecified atom stereocenters. The summed E-state index contributed by atoms with van der Waals surface area (Å²) in [6.45, 7) is 1.67. The molecule has 0 saturated carbocycles. The number of pyridine rings is 1. The number of carboxylic acid groups (broad SMARTS) is 1. The Morgan fingerprint density at radius 2 is 1.83 bits per heavy atom. The molecule has 1 atom stereocenters. The van der Waals surface area contributed by atoms with E-state index in [1.807, 2.05) is 0 Å². The monoisotopic (exact) mass is 509 g/mol. The Balaban J connectivity index is 2.11. The molecule has 3 aromatic rings. The minimum atomic E-state index is -4.04. The lowest BCUT2D eigenvalue weighted by Gasteiger charge is -2.23. The van der Waals surface area contributed by atoms with Crippen molar-refractivity contribution in [2.24, 2.45) is 0 Å². The number of amides is 1. The van der Waals surface area contributed by atoms with E-state index >= 15 is 0 Å². The van der Waals surface area contributed by atoms with Gasteiger partial charge in [-0.05, 0) is 66.6 Å². The van der Waals surface area contributed by atoms with Gasteiger partial charge < -0.3 is 20.1 Å². The van der Waals surface area contributed by atoms with E-state index < -0.39 is 21.2 Å². The first-order valence-corrected chi connectivity index (χ1v) is 12.4. The van der Waals surface area contributed by atoms with E-state index in [1.54, 1.807) is 39.2 Å². The molecule has 1 heterocycles. The van der Waals surface area contributed by atoms with E-state index in [0.29, 0.717) is 22.4 Å². The van der Waals surface area contributed by atoms with Gasteiger partial charge in [0.15, 0.2) is 5.37 Å². The number of anilines is 1. The first-order valence-electron chi connectivity index (χ1n) is 10.9. The fraction of sp³-hybridized carbons (Fsp3) is 0.192. The molecule has 36 heavy (non-hydrogen) atoms. The SMILES string of the molecule is COc1ccc(S(=O)(=O)C(Nc2c(C)cc(/C=C/C(=O)N(C)C)cc2C(=O)O)c2cccnc2)cc1. The van der Waals surface area contributed by atoms with Gasteiger partial charge in [-0.15, -0.1) is 0 Å². The van der Waals surface area contributed by atoms with Crippen LogP contribution in [0.2, 0.25) is 0 Å². The zero-order valence-corrected chi connectivity index (χ0v) is 21.1. The van der Waals surface area contributed by atoms with Crippen LogP contribution < -0.4 is 10.1 Å². The van der Waals surface area contributed by atoms with Crippen LogP contribution in [0.4, 0.5) is 5.69 Å². The maximum Gasteiger partial charge on any atom is 0.337 e. The molecule has 188 valence electrons. The molecular formula is C26H27N3O6S. The number of nitrogens with zero attached hydrogens (tertiary/aromatic N) is 2. The van der Waals surface area contributed by atoms with Gasteiger partial charge >= 0.3 is 5.97 Å². The average Bonchev–Trinajstić information content (AvgIpc) is 2.86. The summed E-state index contributed by atoms with van der Waals surface area (Å²) >= 11 is 0. The molecule has 1 aromatic heterocycles. The van der Waals surface area contributed by atoms with Gasteiger partial charge in [-0.3, -0.25) is 9.78 Å². The number of hydrogen-bond acceptors (Lipinski definition) is 7. The smallest absolute Gasteiger partial charge is 0.337 e. The summed E-state index contributed by atoms with van der Waals surface area (Å²) in [5.74, 6) is -1.00. The summed E-state index contributed by atoms with van der Waals surface area (Å²) in [4.78, 5) is 29.5. The lowest BCUT2D eigenvalue weighted by molar-refractivity contribution is -0.123. The number of likely N-dealkylation sites (N-methyl/N-ethyl adjacent to an activating group) is 1. The van der Waals surface area contributed by atoms with Crippen LogP contribution in [0.3, 0.4) is 0 Å². The molecule has 2 N–H and O–H groups in total. The third-order valence-corrected chi connectivity index (χ3v) is 7.35. The lowest BCUT2D eigenvalue weighted by atomic mass is 10.0. The highest BCUT2D eigenvalue weighted by molar-refractivity contribution is 7.91. The Hall–Kier alpha value is -4.18. The minimum absolute atomic E-state index is 0.0286. The third kappa shape index (κ3) is 5.89. The van der Waals surface area contributed by atoms with E-state index in [2.05, 4.69) is 10.3 Å². The van der Waals surface area contributed by atoms with Crippen molar-refractivity contribution < 1.29 is 27.9 Å². The average molecular weight is 510 g/mol. The molecule has 0 spiro atoms. The summed E-state index contributed by atoms with van der Waals surface area (Å²) in [6.07, 6.45) is 5.78. The van der Waals surface area contributed by atoms with Gasteiger partial charge in [-0.25, -0.2) is 13.2 Å². The topological polar surface area (TPSA) is 126 Å². The van der Waals surface area contributed by atoms with Crippen LogP contribution in [0.5, 0.6) is 5.75 Å². The van der Waals surface area contributed by atoms with Gasteiger partial charge in [0.25, 0.3) is 0 Å². The fourth-order valence-electron chi connectivity index (χ4n) is 3.49. The van der Waals surface area contributed by atoms with Gasteiger partial charge in [0.1, 0.15) is 5.75 Å². The molecule has 0 aliphatic rings. The maximum atomic E-state index is 13.7. The van der Waals surface area contributed by atoms with Crippen molar-refractivity contribution in [3.8, 4) is 5.75 Å². The van der Waals surface area contributed by atoms with Crippen LogP contribution in [0, 0.1) is 6.92 Å². The highest BCUT2D eigenvalue weighted by atomic mass is 32.2. The Labute approximate surface area is 210 Å². The first-order chi connectivity index (χ1) is 17.0. The summed E-state index contributed by atoms with van der Waals surface area (Å²) < 4.78 is 32.5. The Morgan fingerprint density at radius 1 is 1.14 bits per heavy atom. The molecule has 0 aliphatic carbocycles. The molecule has 0 saturated heterocycles. The van der Waals surface area contributed by atoms with Crippen molar-refractivity contribution in [3.63, 3.8) is 0 Å². The quantitative estimate of drug-likeness (QED) is 0.418. The van der Waals surface area contributed by atoms with E-state index in [-0.39, 0.29) is 22.1 Å². The van der Waals surface area contributed by atoms with Crippen molar-refractivity contribution in [1.82, 2.24) is 9.88 Å². The van der Waals surface area contributed by atoms with Gasteiger partial charge in [0.05, 0.1) is 23.3 Å². The number of carbonyl (C=O) groups is 2. The predicted octanol–water partition coefficient (Wildman–Crippen LogP) is 3.78. The third-order valence-electron chi connectivity index (χ3n) is 5.41. The zero-order valence-electron chi connectivity index (χ0n) is 20.3. The second kappa shape index (κ2) is 11.0. The standard InChI is InChI=1S/C26H27N3O6S/c1-17-14-18(7-12-23(30)29(2)3)15-22(26(31)32)24(17)28-25(19-6-5-13-27-16-19)36(33,34)21-10-8-20(35-4)9-11-21/h5-16,25,28H,1-4H3,(H,31,32)/b12-7+.